The van der Waals surface area contributed by atoms with Gasteiger partial charge in [-0.05, 0) is 36.2 Å². The van der Waals surface area contributed by atoms with Crippen LogP contribution in [0.15, 0.2) is 77.9 Å². The lowest BCUT2D eigenvalue weighted by molar-refractivity contribution is 0.0996. The van der Waals surface area contributed by atoms with E-state index in [1.54, 1.807) is 49.8 Å². The van der Waals surface area contributed by atoms with Crippen LogP contribution in [0.25, 0.3) is 11.3 Å². The van der Waals surface area contributed by atoms with Crippen LogP contribution in [0.4, 0.5) is 17.3 Å². The fourth-order valence-corrected chi connectivity index (χ4v) is 4.45. The number of hydrogen-bond donors (Lipinski definition) is 3. The van der Waals surface area contributed by atoms with Crippen molar-refractivity contribution in [2.45, 2.75) is 19.0 Å². The van der Waals surface area contributed by atoms with Crippen molar-refractivity contribution in [1.29, 1.82) is 0 Å². The van der Waals surface area contributed by atoms with Crippen LogP contribution in [0.1, 0.15) is 21.5 Å². The third kappa shape index (κ3) is 4.32. The first-order valence-electron chi connectivity index (χ1n) is 11.7. The number of nitrogens with one attached hydrogen (secondary N) is 1. The molecule has 9 nitrogen and oxygen atoms in total. The van der Waals surface area contributed by atoms with Crippen LogP contribution in [0.3, 0.4) is 0 Å². The van der Waals surface area contributed by atoms with Crippen LogP contribution in [-0.2, 0) is 20.0 Å². The Morgan fingerprint density at radius 1 is 1.03 bits per heavy atom. The van der Waals surface area contributed by atoms with Gasteiger partial charge in [0.1, 0.15) is 11.4 Å². The van der Waals surface area contributed by atoms with Crippen molar-refractivity contribution in [3.63, 3.8) is 0 Å². The topological polar surface area (TPSA) is 132 Å². The zero-order chi connectivity index (χ0) is 25.2. The van der Waals surface area contributed by atoms with Crippen molar-refractivity contribution >= 4 is 23.2 Å². The van der Waals surface area contributed by atoms with Gasteiger partial charge in [-0.25, -0.2) is 4.98 Å². The minimum atomic E-state index is -0.351. The first-order chi connectivity index (χ1) is 17.4. The summed E-state index contributed by atoms with van der Waals surface area (Å²) in [5.74, 6) is 0.0832. The monoisotopic (exact) mass is 481 g/mol. The Hall–Kier alpha value is -4.50. The molecule has 0 aliphatic carbocycles. The normalized spacial score (nSPS) is 13.5. The smallest absolute Gasteiger partial charge is 0.279 e. The largest absolute Gasteiger partial charge is 0.398 e. The summed E-state index contributed by atoms with van der Waals surface area (Å²) in [5.41, 5.74) is 16.2. The number of pyridine rings is 1. The summed E-state index contributed by atoms with van der Waals surface area (Å²) in [6.07, 6.45) is 3.93. The van der Waals surface area contributed by atoms with Gasteiger partial charge < -0.3 is 16.8 Å². The third-order valence-electron chi connectivity index (χ3n) is 6.36. The molecule has 3 heterocycles. The molecule has 9 heteroatoms. The summed E-state index contributed by atoms with van der Waals surface area (Å²) in [5, 5.41) is 3.23. The first kappa shape index (κ1) is 23.3. The molecule has 2 aromatic heterocycles. The van der Waals surface area contributed by atoms with Crippen molar-refractivity contribution in [1.82, 2.24) is 14.5 Å². The predicted octanol–water partition coefficient (Wildman–Crippen LogP) is 2.57. The standard InChI is InChI=1S/C27H27N7O2/c1-33-26(36)24(34-16-21-20(25(34)35)8-5-9-22(21)29)23(18-10-12-30-13-11-18)32-27(33)31-15-19(28)14-17-6-3-2-4-7-17/h2-13,19H,14-16,28-29H2,1H3,(H,31,32)/t19-/m1/s1. The first-order valence-corrected chi connectivity index (χ1v) is 11.7. The number of nitrogens with zero attached hydrogens (tertiary/aromatic N) is 4. The van der Waals surface area contributed by atoms with Crippen molar-refractivity contribution in [2.24, 2.45) is 12.8 Å². The van der Waals surface area contributed by atoms with E-state index in [1.807, 2.05) is 30.3 Å². The lowest BCUT2D eigenvalue weighted by Gasteiger charge is -2.22. The number of carbonyl (C=O) groups excluding carboxylic acids is 1. The molecule has 0 spiro atoms. The maximum absolute atomic E-state index is 13.7. The number of fused-ring (bicyclic) bond motifs is 1. The van der Waals surface area contributed by atoms with Gasteiger partial charge in [-0.2, -0.15) is 0 Å². The maximum atomic E-state index is 13.7. The minimum Gasteiger partial charge on any atom is -0.398 e. The number of anilines is 3. The van der Waals surface area contributed by atoms with Crippen LogP contribution in [0.5, 0.6) is 0 Å². The van der Waals surface area contributed by atoms with E-state index in [4.69, 9.17) is 16.5 Å². The van der Waals surface area contributed by atoms with Gasteiger partial charge in [0.25, 0.3) is 11.5 Å². The summed E-state index contributed by atoms with van der Waals surface area (Å²) in [4.78, 5) is 37.3. The fourth-order valence-electron chi connectivity index (χ4n) is 4.45. The van der Waals surface area contributed by atoms with Crippen LogP contribution in [0, 0.1) is 0 Å². The fraction of sp³-hybridized carbons (Fsp3) is 0.185. The Morgan fingerprint density at radius 3 is 2.50 bits per heavy atom. The lowest BCUT2D eigenvalue weighted by atomic mass is 10.1. The van der Waals surface area contributed by atoms with Crippen molar-refractivity contribution < 1.29 is 4.79 Å². The van der Waals surface area contributed by atoms with Gasteiger partial charge >= 0.3 is 0 Å². The molecule has 0 unspecified atom stereocenters. The second kappa shape index (κ2) is 9.63. The summed E-state index contributed by atoms with van der Waals surface area (Å²) < 4.78 is 1.41. The number of rotatable bonds is 7. The summed E-state index contributed by atoms with van der Waals surface area (Å²) in [7, 11) is 1.63. The molecule has 2 aromatic carbocycles. The minimum absolute atomic E-state index is 0.189. The highest BCUT2D eigenvalue weighted by molar-refractivity contribution is 6.12. The van der Waals surface area contributed by atoms with Crippen molar-refractivity contribution in [3.05, 3.63) is 100 Å². The second-order valence-electron chi connectivity index (χ2n) is 8.83. The number of nitrogens with two attached hydrogens (primary N) is 2. The molecule has 0 saturated heterocycles. The van der Waals surface area contributed by atoms with E-state index < -0.39 is 0 Å². The molecule has 1 atom stereocenters. The number of hydrogen-bond acceptors (Lipinski definition) is 7. The lowest BCUT2D eigenvalue weighted by Crippen LogP contribution is -2.36. The SMILES string of the molecule is Cn1c(NC[C@H](N)Cc2ccccc2)nc(-c2ccncc2)c(N2Cc3c(N)cccc3C2=O)c1=O. The molecular formula is C27H27N7O2. The van der Waals surface area contributed by atoms with Gasteiger partial charge in [0.15, 0.2) is 0 Å². The Kier molecular flexibility index (Phi) is 6.22. The molecule has 182 valence electrons. The molecular weight excluding hydrogens is 454 g/mol. The van der Waals surface area contributed by atoms with Gasteiger partial charge in [-0.1, -0.05) is 36.4 Å². The number of benzene rings is 2. The quantitative estimate of drug-likeness (QED) is 0.346. The molecule has 1 aliphatic rings. The van der Waals surface area contributed by atoms with E-state index >= 15 is 0 Å². The van der Waals surface area contributed by atoms with E-state index in [9.17, 15) is 9.59 Å². The van der Waals surface area contributed by atoms with Gasteiger partial charge in [0.2, 0.25) is 5.95 Å². The van der Waals surface area contributed by atoms with Crippen LogP contribution >= 0.6 is 0 Å². The van der Waals surface area contributed by atoms with Crippen molar-refractivity contribution in [2.75, 3.05) is 22.5 Å². The van der Waals surface area contributed by atoms with E-state index in [-0.39, 0.29) is 29.7 Å². The zero-order valence-electron chi connectivity index (χ0n) is 19.9. The summed E-state index contributed by atoms with van der Waals surface area (Å²) in [6, 6.07) is 18.5. The molecule has 1 amide bonds. The summed E-state index contributed by atoms with van der Waals surface area (Å²) >= 11 is 0. The highest BCUT2D eigenvalue weighted by Crippen LogP contribution is 2.35. The van der Waals surface area contributed by atoms with E-state index in [2.05, 4.69) is 10.3 Å². The van der Waals surface area contributed by atoms with Crippen LogP contribution in [0.2, 0.25) is 0 Å². The molecule has 4 aromatic rings. The molecule has 1 aliphatic heterocycles. The molecule has 0 radical (unpaired) electrons. The molecule has 0 bridgehead atoms. The maximum Gasteiger partial charge on any atom is 0.279 e. The van der Waals surface area contributed by atoms with Gasteiger partial charge in [-0.3, -0.25) is 24.0 Å². The molecule has 36 heavy (non-hydrogen) atoms. The zero-order valence-corrected chi connectivity index (χ0v) is 19.9. The predicted molar refractivity (Wildman–Crippen MR) is 141 cm³/mol. The molecule has 5 rings (SSSR count). The second-order valence-corrected chi connectivity index (χ2v) is 8.83. The van der Waals surface area contributed by atoms with Crippen molar-refractivity contribution in [3.8, 4) is 11.3 Å². The Labute approximate surface area is 208 Å². The Balaban J connectivity index is 1.51. The summed E-state index contributed by atoms with van der Waals surface area (Å²) in [6.45, 7) is 0.611. The molecule has 0 fully saturated rings. The highest BCUT2D eigenvalue weighted by Gasteiger charge is 2.34. The molecule has 5 N–H and O–H groups in total. The van der Waals surface area contributed by atoms with Gasteiger partial charge in [0, 0.05) is 54.4 Å². The van der Waals surface area contributed by atoms with Gasteiger partial charge in [0.05, 0.1) is 6.54 Å². The van der Waals surface area contributed by atoms with E-state index in [0.717, 1.165) is 5.56 Å². The number of aromatic nitrogens is 3. The number of carbonyl (C=O) groups is 1. The molecule has 0 saturated carbocycles. The Bertz CT molecular complexity index is 1470. The number of amides is 1. The highest BCUT2D eigenvalue weighted by atomic mass is 16.2. The van der Waals surface area contributed by atoms with E-state index in [1.165, 1.54) is 9.47 Å². The van der Waals surface area contributed by atoms with Gasteiger partial charge in [-0.15, -0.1) is 0 Å². The number of nitrogen functional groups attached to an aromatic ring is 1. The third-order valence-corrected chi connectivity index (χ3v) is 6.36. The Morgan fingerprint density at radius 2 is 1.78 bits per heavy atom. The average Bonchev–Trinajstić information content (AvgIpc) is 3.23. The van der Waals surface area contributed by atoms with Crippen LogP contribution < -0.4 is 27.2 Å². The van der Waals surface area contributed by atoms with E-state index in [0.29, 0.717) is 47.0 Å². The average molecular weight is 482 g/mol. The van der Waals surface area contributed by atoms with Crippen LogP contribution in [-0.4, -0.2) is 33.0 Å².